The van der Waals surface area contributed by atoms with Gasteiger partial charge in [-0.25, -0.2) is 9.97 Å². The van der Waals surface area contributed by atoms with E-state index in [1.54, 1.807) is 0 Å². The van der Waals surface area contributed by atoms with E-state index in [-0.39, 0.29) is 0 Å². The number of aromatic nitrogens is 2. The van der Waals surface area contributed by atoms with Crippen LogP contribution in [0.5, 0.6) is 0 Å². The molecule has 11 rings (SSSR count). The van der Waals surface area contributed by atoms with Gasteiger partial charge in [-0.05, 0) is 98.8 Å². The number of benzene rings is 9. The Hall–Kier alpha value is -7.82. The Balaban J connectivity index is 1.13. The molecule has 0 unspecified atom stereocenters. The van der Waals surface area contributed by atoms with E-state index in [4.69, 9.17) is 14.4 Å². The Kier molecular flexibility index (Phi) is 8.11. The number of hydrogen-bond acceptors (Lipinski definition) is 4. The third kappa shape index (κ3) is 5.96. The van der Waals surface area contributed by atoms with E-state index in [0.29, 0.717) is 5.95 Å². The van der Waals surface area contributed by atoms with Crippen molar-refractivity contribution in [2.75, 3.05) is 4.90 Å². The molecule has 0 saturated carbocycles. The van der Waals surface area contributed by atoms with Gasteiger partial charge in [0.15, 0.2) is 0 Å². The summed E-state index contributed by atoms with van der Waals surface area (Å²) in [5.74, 6) is 0.575. The average molecular weight is 742 g/mol. The molecule has 0 aliphatic heterocycles. The smallest absolute Gasteiger partial charge is 0.235 e. The van der Waals surface area contributed by atoms with Crippen molar-refractivity contribution in [1.29, 1.82) is 0 Å². The zero-order chi connectivity index (χ0) is 38.4. The summed E-state index contributed by atoms with van der Waals surface area (Å²) in [5.41, 5.74) is 13.1. The summed E-state index contributed by atoms with van der Waals surface area (Å²) in [4.78, 5) is 12.9. The molecule has 0 spiro atoms. The predicted octanol–water partition coefficient (Wildman–Crippen LogP) is 14.8. The molecule has 0 amide bonds. The van der Waals surface area contributed by atoms with Crippen molar-refractivity contribution in [2.24, 2.45) is 0 Å². The fourth-order valence-corrected chi connectivity index (χ4v) is 8.21. The minimum Gasteiger partial charge on any atom is -0.456 e. The Morgan fingerprint density at radius 2 is 0.879 bits per heavy atom. The largest absolute Gasteiger partial charge is 0.456 e. The van der Waals surface area contributed by atoms with Gasteiger partial charge in [-0.1, -0.05) is 158 Å². The van der Waals surface area contributed by atoms with Crippen molar-refractivity contribution >= 4 is 60.9 Å². The predicted molar refractivity (Wildman–Crippen MR) is 241 cm³/mol. The van der Waals surface area contributed by atoms with Gasteiger partial charge in [0, 0.05) is 33.1 Å². The van der Waals surface area contributed by atoms with Gasteiger partial charge in [-0.15, -0.1) is 0 Å². The lowest BCUT2D eigenvalue weighted by atomic mass is 9.94. The Morgan fingerprint density at radius 3 is 1.50 bits per heavy atom. The lowest BCUT2D eigenvalue weighted by Crippen LogP contribution is -2.14. The number of hydrogen-bond donors (Lipinski definition) is 0. The monoisotopic (exact) mass is 741 g/mol. The SMILES string of the molecule is c1ccc(-c2ccc(N(c3ccc(-c4ccccc4)cc3)c3nc(-c4cc(-c5ccccc5)c5c(c4)oc4cc6ccccc6cc45)c4ccccc4n3)cc2)cc1. The van der Waals surface area contributed by atoms with E-state index < -0.39 is 0 Å². The molecule has 58 heavy (non-hydrogen) atoms. The van der Waals surface area contributed by atoms with Gasteiger partial charge in [0.2, 0.25) is 5.95 Å². The van der Waals surface area contributed by atoms with Crippen molar-refractivity contribution in [1.82, 2.24) is 9.97 Å². The summed E-state index contributed by atoms with van der Waals surface area (Å²) < 4.78 is 6.75. The van der Waals surface area contributed by atoms with Gasteiger partial charge in [0.25, 0.3) is 0 Å². The van der Waals surface area contributed by atoms with E-state index in [2.05, 4.69) is 199 Å². The van der Waals surface area contributed by atoms with Gasteiger partial charge in [0.1, 0.15) is 11.2 Å². The van der Waals surface area contributed by atoms with Crippen molar-refractivity contribution in [2.45, 2.75) is 0 Å². The highest BCUT2D eigenvalue weighted by Crippen LogP contribution is 2.43. The second-order valence-corrected chi connectivity index (χ2v) is 14.6. The third-order valence-electron chi connectivity index (χ3n) is 11.1. The molecule has 0 bridgehead atoms. The molecule has 272 valence electrons. The van der Waals surface area contributed by atoms with Crippen LogP contribution in [0, 0.1) is 0 Å². The lowest BCUT2D eigenvalue weighted by Gasteiger charge is -2.25. The van der Waals surface area contributed by atoms with E-state index >= 15 is 0 Å². The summed E-state index contributed by atoms with van der Waals surface area (Å²) in [6.07, 6.45) is 0. The van der Waals surface area contributed by atoms with E-state index in [0.717, 1.165) is 83.1 Å². The standard InChI is InChI=1S/C54H35N3O/c1-4-14-36(15-5-1)38-24-28-44(29-25-38)57(45-30-26-39(27-31-45)37-16-6-2-7-17-37)54-55-49-23-13-12-22-46(49)53(56-54)43-33-47(40-18-8-3-9-19-40)52-48-32-41-20-10-11-21-42(41)34-50(48)58-51(52)35-43/h1-35H. The van der Waals surface area contributed by atoms with E-state index in [1.807, 2.05) is 18.2 Å². The van der Waals surface area contributed by atoms with Crippen molar-refractivity contribution in [3.63, 3.8) is 0 Å². The van der Waals surface area contributed by atoms with Crippen LogP contribution < -0.4 is 4.90 Å². The molecule has 9 aromatic carbocycles. The van der Waals surface area contributed by atoms with Crippen LogP contribution >= 0.6 is 0 Å². The number of fused-ring (bicyclic) bond motifs is 5. The fourth-order valence-electron chi connectivity index (χ4n) is 8.21. The van der Waals surface area contributed by atoms with Crippen LogP contribution in [0.25, 0.3) is 88.3 Å². The Bertz CT molecular complexity index is 3170. The minimum absolute atomic E-state index is 0.575. The van der Waals surface area contributed by atoms with Crippen LogP contribution in [0.15, 0.2) is 217 Å². The summed E-state index contributed by atoms with van der Waals surface area (Å²) in [6, 6.07) is 74.4. The maximum atomic E-state index is 6.75. The van der Waals surface area contributed by atoms with Gasteiger partial charge in [-0.3, -0.25) is 4.90 Å². The molecule has 11 aromatic rings. The van der Waals surface area contributed by atoms with Crippen molar-refractivity contribution < 1.29 is 4.42 Å². The highest BCUT2D eigenvalue weighted by molar-refractivity contribution is 6.17. The second-order valence-electron chi connectivity index (χ2n) is 14.6. The van der Waals surface area contributed by atoms with Crippen LogP contribution in [-0.4, -0.2) is 9.97 Å². The number of rotatable bonds is 7. The molecule has 4 nitrogen and oxygen atoms in total. The zero-order valence-electron chi connectivity index (χ0n) is 31.5. The first-order valence-electron chi connectivity index (χ1n) is 19.6. The van der Waals surface area contributed by atoms with Crippen LogP contribution in [0.1, 0.15) is 0 Å². The number of nitrogens with zero attached hydrogens (tertiary/aromatic N) is 3. The topological polar surface area (TPSA) is 42.2 Å². The van der Waals surface area contributed by atoms with Crippen LogP contribution in [-0.2, 0) is 0 Å². The molecule has 2 aromatic heterocycles. The summed E-state index contributed by atoms with van der Waals surface area (Å²) in [5, 5.41) is 5.48. The molecular formula is C54H35N3O. The van der Waals surface area contributed by atoms with E-state index in [1.165, 1.54) is 16.5 Å². The molecule has 0 aliphatic rings. The summed E-state index contributed by atoms with van der Waals surface area (Å²) in [6.45, 7) is 0. The molecule has 0 atom stereocenters. The van der Waals surface area contributed by atoms with Gasteiger partial charge < -0.3 is 4.42 Å². The number of anilines is 3. The normalized spacial score (nSPS) is 11.4. The van der Waals surface area contributed by atoms with Gasteiger partial charge in [-0.2, -0.15) is 0 Å². The average Bonchev–Trinajstić information content (AvgIpc) is 3.66. The molecule has 0 saturated heterocycles. The molecule has 2 heterocycles. The second kappa shape index (κ2) is 14.0. The van der Waals surface area contributed by atoms with Gasteiger partial charge >= 0.3 is 0 Å². The maximum Gasteiger partial charge on any atom is 0.235 e. The first kappa shape index (κ1) is 33.5. The third-order valence-corrected chi connectivity index (χ3v) is 11.1. The van der Waals surface area contributed by atoms with E-state index in [9.17, 15) is 0 Å². The summed E-state index contributed by atoms with van der Waals surface area (Å²) >= 11 is 0. The molecule has 0 radical (unpaired) electrons. The summed E-state index contributed by atoms with van der Waals surface area (Å²) in [7, 11) is 0. The Labute approximate surface area is 335 Å². The number of furan rings is 1. The lowest BCUT2D eigenvalue weighted by molar-refractivity contribution is 0.669. The zero-order valence-corrected chi connectivity index (χ0v) is 31.5. The van der Waals surface area contributed by atoms with Crippen LogP contribution in [0.2, 0.25) is 0 Å². The highest BCUT2D eigenvalue weighted by Gasteiger charge is 2.22. The molecule has 0 N–H and O–H groups in total. The quantitative estimate of drug-likeness (QED) is 0.163. The highest BCUT2D eigenvalue weighted by atomic mass is 16.3. The first-order valence-corrected chi connectivity index (χ1v) is 19.6. The molecule has 4 heteroatoms. The minimum atomic E-state index is 0.575. The Morgan fingerprint density at radius 1 is 0.362 bits per heavy atom. The fraction of sp³-hybridized carbons (Fsp3) is 0. The molecule has 0 aliphatic carbocycles. The maximum absolute atomic E-state index is 6.75. The number of para-hydroxylation sites is 1. The van der Waals surface area contributed by atoms with Crippen LogP contribution in [0.4, 0.5) is 17.3 Å². The molecular weight excluding hydrogens is 707 g/mol. The van der Waals surface area contributed by atoms with Crippen molar-refractivity contribution in [3.05, 3.63) is 212 Å². The molecule has 0 fully saturated rings. The van der Waals surface area contributed by atoms with Crippen LogP contribution in [0.3, 0.4) is 0 Å². The van der Waals surface area contributed by atoms with Gasteiger partial charge in [0.05, 0.1) is 11.2 Å². The van der Waals surface area contributed by atoms with Crippen molar-refractivity contribution in [3.8, 4) is 44.6 Å². The first-order chi connectivity index (χ1) is 28.7.